The molecule has 7 nitrogen and oxygen atoms in total. The molecule has 0 radical (unpaired) electrons. The van der Waals surface area contributed by atoms with Gasteiger partial charge in [-0.05, 0) is 30.9 Å². The molecule has 0 bridgehead atoms. The molecule has 27 heavy (non-hydrogen) atoms. The van der Waals surface area contributed by atoms with Crippen LogP contribution in [0.3, 0.4) is 0 Å². The Morgan fingerprint density at radius 1 is 1.22 bits per heavy atom. The summed E-state index contributed by atoms with van der Waals surface area (Å²) in [6.45, 7) is 5.91. The van der Waals surface area contributed by atoms with E-state index in [1.807, 2.05) is 4.90 Å². The van der Waals surface area contributed by atoms with Gasteiger partial charge in [-0.1, -0.05) is 26.0 Å². The maximum absolute atomic E-state index is 13.1. The number of amides is 1. The molecule has 1 saturated heterocycles. The molecule has 1 aromatic heterocycles. The van der Waals surface area contributed by atoms with Crippen LogP contribution in [0.25, 0.3) is 5.69 Å². The van der Waals surface area contributed by atoms with Gasteiger partial charge in [0.15, 0.2) is 5.69 Å². The second-order valence-corrected chi connectivity index (χ2v) is 9.19. The zero-order chi connectivity index (χ0) is 19.2. The summed E-state index contributed by atoms with van der Waals surface area (Å²) in [6.07, 6.45) is 3.54. The molecule has 2 aromatic rings. The van der Waals surface area contributed by atoms with E-state index in [0.29, 0.717) is 29.5 Å². The van der Waals surface area contributed by atoms with Crippen LogP contribution in [0.4, 0.5) is 0 Å². The fourth-order valence-electron chi connectivity index (χ4n) is 3.82. The van der Waals surface area contributed by atoms with Gasteiger partial charge in [-0.3, -0.25) is 9.36 Å². The number of piperidine rings is 1. The number of hydrogen-bond donors (Lipinski definition) is 0. The summed E-state index contributed by atoms with van der Waals surface area (Å²) >= 11 is 0. The normalized spacial score (nSPS) is 20.0. The Kier molecular flexibility index (Phi) is 4.55. The Labute approximate surface area is 159 Å². The van der Waals surface area contributed by atoms with Crippen molar-refractivity contribution in [1.29, 1.82) is 0 Å². The molecule has 0 atom stereocenters. The van der Waals surface area contributed by atoms with Crippen molar-refractivity contribution in [3.63, 3.8) is 0 Å². The first kappa shape index (κ1) is 18.2. The summed E-state index contributed by atoms with van der Waals surface area (Å²) in [6, 6.07) is 6.88. The van der Waals surface area contributed by atoms with Gasteiger partial charge in [0, 0.05) is 19.6 Å². The number of likely N-dealkylation sites (tertiary alicyclic amines) is 1. The summed E-state index contributed by atoms with van der Waals surface area (Å²) in [4.78, 5) is 19.6. The second-order valence-electron chi connectivity index (χ2n) is 7.28. The Bertz CT molecular complexity index is 975. The van der Waals surface area contributed by atoms with E-state index < -0.39 is 10.0 Å². The van der Waals surface area contributed by atoms with E-state index in [0.717, 1.165) is 25.9 Å². The van der Waals surface area contributed by atoms with Crippen LogP contribution in [0, 0.1) is 5.92 Å². The number of rotatable bonds is 2. The third kappa shape index (κ3) is 2.96. The summed E-state index contributed by atoms with van der Waals surface area (Å²) in [5, 5.41) is 0. The van der Waals surface area contributed by atoms with Gasteiger partial charge in [-0.25, -0.2) is 13.4 Å². The fraction of sp³-hybridized carbons (Fsp3) is 0.474. The Morgan fingerprint density at radius 2 is 1.93 bits per heavy atom. The lowest BCUT2D eigenvalue weighted by Crippen LogP contribution is -2.39. The van der Waals surface area contributed by atoms with Gasteiger partial charge in [0.1, 0.15) is 11.2 Å². The van der Waals surface area contributed by atoms with Crippen LogP contribution < -0.4 is 0 Å². The van der Waals surface area contributed by atoms with Crippen molar-refractivity contribution in [3.8, 4) is 5.69 Å². The lowest BCUT2D eigenvalue weighted by molar-refractivity contribution is 0.0690. The number of aromatic nitrogens is 2. The third-order valence-corrected chi connectivity index (χ3v) is 7.53. The van der Waals surface area contributed by atoms with Crippen LogP contribution in [0.1, 0.15) is 42.9 Å². The van der Waals surface area contributed by atoms with Crippen molar-refractivity contribution < 1.29 is 13.2 Å². The first-order chi connectivity index (χ1) is 12.9. The van der Waals surface area contributed by atoms with Crippen molar-refractivity contribution in [3.05, 3.63) is 42.0 Å². The number of carbonyl (C=O) groups is 1. The van der Waals surface area contributed by atoms with E-state index >= 15 is 0 Å². The van der Waals surface area contributed by atoms with Crippen molar-refractivity contribution in [2.75, 3.05) is 19.6 Å². The van der Waals surface area contributed by atoms with Crippen LogP contribution in [-0.2, 0) is 16.6 Å². The largest absolute Gasteiger partial charge is 0.337 e. The number of carbonyl (C=O) groups excluding carboxylic acids is 1. The molecule has 0 N–H and O–H groups in total. The molecule has 4 rings (SSSR count). The van der Waals surface area contributed by atoms with E-state index in [-0.39, 0.29) is 17.3 Å². The smallest absolute Gasteiger partial charge is 0.274 e. The third-order valence-electron chi connectivity index (χ3n) is 5.56. The Hall–Kier alpha value is -2.19. The van der Waals surface area contributed by atoms with Gasteiger partial charge in [0.05, 0.1) is 17.9 Å². The minimum Gasteiger partial charge on any atom is -0.337 e. The van der Waals surface area contributed by atoms with Crippen LogP contribution in [0.15, 0.2) is 35.5 Å². The average molecular weight is 388 g/mol. The molecule has 0 aliphatic carbocycles. The predicted octanol–water partition coefficient (Wildman–Crippen LogP) is 2.27. The highest BCUT2D eigenvalue weighted by molar-refractivity contribution is 7.89. The topological polar surface area (TPSA) is 75.5 Å². The van der Waals surface area contributed by atoms with Gasteiger partial charge in [0.25, 0.3) is 5.91 Å². The molecule has 8 heteroatoms. The monoisotopic (exact) mass is 388 g/mol. The molecule has 1 fully saturated rings. The molecule has 0 spiro atoms. The fourth-order valence-corrected chi connectivity index (χ4v) is 5.41. The standard InChI is InChI=1S/C19H24N4O3S/c1-3-22-12-16-18(19(24)21-10-8-14(2)9-11-21)20-13-23(16)15-6-4-5-7-17(15)27(22,25)26/h4-7,13-14H,3,8-12H2,1-2H3. The van der Waals surface area contributed by atoms with Gasteiger partial charge in [-0.15, -0.1) is 0 Å². The first-order valence-electron chi connectivity index (χ1n) is 9.38. The lowest BCUT2D eigenvalue weighted by atomic mass is 9.99. The number of imidazole rings is 1. The van der Waals surface area contributed by atoms with E-state index in [4.69, 9.17) is 0 Å². The summed E-state index contributed by atoms with van der Waals surface area (Å²) in [7, 11) is -3.62. The van der Waals surface area contributed by atoms with Crippen molar-refractivity contribution in [2.24, 2.45) is 5.92 Å². The quantitative estimate of drug-likeness (QED) is 0.791. The van der Waals surface area contributed by atoms with Crippen LogP contribution in [0.2, 0.25) is 0 Å². The number of para-hydroxylation sites is 1. The van der Waals surface area contributed by atoms with Gasteiger partial charge >= 0.3 is 0 Å². The van der Waals surface area contributed by atoms with Gasteiger partial charge in [-0.2, -0.15) is 4.31 Å². The van der Waals surface area contributed by atoms with Gasteiger partial charge in [0.2, 0.25) is 10.0 Å². The lowest BCUT2D eigenvalue weighted by Gasteiger charge is -2.30. The zero-order valence-electron chi connectivity index (χ0n) is 15.6. The number of fused-ring (bicyclic) bond motifs is 3. The molecular weight excluding hydrogens is 364 g/mol. The van der Waals surface area contributed by atoms with E-state index in [2.05, 4.69) is 11.9 Å². The number of sulfonamides is 1. The first-order valence-corrected chi connectivity index (χ1v) is 10.8. The highest BCUT2D eigenvalue weighted by Gasteiger charge is 2.35. The maximum atomic E-state index is 13.1. The van der Waals surface area contributed by atoms with Gasteiger partial charge < -0.3 is 4.90 Å². The molecule has 144 valence electrons. The van der Waals surface area contributed by atoms with E-state index in [1.165, 1.54) is 4.31 Å². The van der Waals surface area contributed by atoms with Crippen LogP contribution in [-0.4, -0.2) is 52.7 Å². The summed E-state index contributed by atoms with van der Waals surface area (Å²) in [5.74, 6) is 0.518. The highest BCUT2D eigenvalue weighted by Crippen LogP contribution is 2.31. The number of hydrogen-bond acceptors (Lipinski definition) is 4. The van der Waals surface area contributed by atoms with Crippen molar-refractivity contribution >= 4 is 15.9 Å². The predicted molar refractivity (Wildman–Crippen MR) is 101 cm³/mol. The number of benzene rings is 1. The van der Waals surface area contributed by atoms with Crippen LogP contribution >= 0.6 is 0 Å². The summed E-state index contributed by atoms with van der Waals surface area (Å²) < 4.78 is 29.2. The highest BCUT2D eigenvalue weighted by atomic mass is 32.2. The molecule has 2 aliphatic heterocycles. The molecule has 0 saturated carbocycles. The molecule has 1 aromatic carbocycles. The van der Waals surface area contributed by atoms with Crippen LogP contribution in [0.5, 0.6) is 0 Å². The molecule has 2 aliphatic rings. The summed E-state index contributed by atoms with van der Waals surface area (Å²) in [5.41, 5.74) is 1.53. The number of nitrogens with zero attached hydrogens (tertiary/aromatic N) is 4. The molecule has 0 unspecified atom stereocenters. The maximum Gasteiger partial charge on any atom is 0.274 e. The van der Waals surface area contributed by atoms with E-state index in [9.17, 15) is 13.2 Å². The zero-order valence-corrected chi connectivity index (χ0v) is 16.4. The van der Waals surface area contributed by atoms with E-state index in [1.54, 1.807) is 42.1 Å². The second kappa shape index (κ2) is 6.76. The Balaban J connectivity index is 1.80. The minimum atomic E-state index is -3.62. The van der Waals surface area contributed by atoms with Crippen molar-refractivity contribution in [1.82, 2.24) is 18.8 Å². The SMILES string of the molecule is CCN1Cc2c(C(=O)N3CCC(C)CC3)ncn2-c2ccccc2S1(=O)=O. The Morgan fingerprint density at radius 3 is 2.63 bits per heavy atom. The minimum absolute atomic E-state index is 0.108. The molecular formula is C19H24N4O3S. The van der Waals surface area contributed by atoms with Crippen molar-refractivity contribution in [2.45, 2.75) is 38.1 Å². The average Bonchev–Trinajstić information content (AvgIpc) is 3.05. The molecule has 3 heterocycles. The molecule has 1 amide bonds.